The summed E-state index contributed by atoms with van der Waals surface area (Å²) in [6.07, 6.45) is 0. The van der Waals surface area contributed by atoms with Crippen molar-refractivity contribution in [1.82, 2.24) is 5.32 Å². The van der Waals surface area contributed by atoms with Gasteiger partial charge < -0.3 is 10.4 Å². The zero-order chi connectivity index (χ0) is 13.1. The minimum atomic E-state index is -3.94. The summed E-state index contributed by atoms with van der Waals surface area (Å²) in [6.45, 7) is 6.16. The molecule has 0 aromatic carbocycles. The van der Waals surface area contributed by atoms with Crippen LogP contribution in [0.3, 0.4) is 0 Å². The maximum atomic E-state index is 11.4. The molecular weight excluding hydrogens is 234 g/mol. The van der Waals surface area contributed by atoms with Gasteiger partial charge in [0, 0.05) is 5.54 Å². The van der Waals surface area contributed by atoms with E-state index >= 15 is 0 Å². The number of sulfone groups is 1. The van der Waals surface area contributed by atoms with Crippen molar-refractivity contribution in [1.29, 1.82) is 0 Å². The van der Waals surface area contributed by atoms with Crippen LogP contribution in [0.4, 0.5) is 0 Å². The smallest absolute Gasteiger partial charge is 0.321 e. The molecule has 16 heavy (non-hydrogen) atoms. The van der Waals surface area contributed by atoms with Gasteiger partial charge in [-0.3, -0.25) is 9.59 Å². The van der Waals surface area contributed by atoms with Crippen LogP contribution in [0.5, 0.6) is 0 Å². The van der Waals surface area contributed by atoms with Crippen molar-refractivity contribution in [2.75, 3.05) is 5.75 Å². The Labute approximate surface area is 95.0 Å². The Kier molecular flexibility index (Phi) is 4.48. The Morgan fingerprint density at radius 2 is 1.75 bits per heavy atom. The molecule has 0 aromatic heterocycles. The van der Waals surface area contributed by atoms with Gasteiger partial charge >= 0.3 is 5.97 Å². The summed E-state index contributed by atoms with van der Waals surface area (Å²) in [5.74, 6) is -2.96. The third-order valence-corrected chi connectivity index (χ3v) is 3.68. The molecule has 0 spiro atoms. The molecule has 6 nitrogen and oxygen atoms in total. The molecule has 1 amide bonds. The molecule has 0 aliphatic heterocycles. The first-order valence-corrected chi connectivity index (χ1v) is 6.42. The van der Waals surface area contributed by atoms with E-state index in [4.69, 9.17) is 5.11 Å². The van der Waals surface area contributed by atoms with Gasteiger partial charge in [0.2, 0.25) is 5.91 Å². The molecule has 1 unspecified atom stereocenters. The molecule has 0 aromatic rings. The summed E-state index contributed by atoms with van der Waals surface area (Å²) in [4.78, 5) is 21.8. The Hall–Kier alpha value is -1.11. The molecule has 0 heterocycles. The molecule has 0 rings (SSSR count). The molecule has 7 heteroatoms. The van der Waals surface area contributed by atoms with Gasteiger partial charge in [0.05, 0.1) is 0 Å². The fourth-order valence-corrected chi connectivity index (χ4v) is 1.91. The second-order valence-electron chi connectivity index (χ2n) is 4.59. The largest absolute Gasteiger partial charge is 0.480 e. The predicted molar refractivity (Wildman–Crippen MR) is 58.8 cm³/mol. The summed E-state index contributed by atoms with van der Waals surface area (Å²) in [6, 6.07) is 0. The van der Waals surface area contributed by atoms with Gasteiger partial charge in [0.15, 0.2) is 15.1 Å². The second kappa shape index (κ2) is 4.82. The van der Waals surface area contributed by atoms with Crippen LogP contribution >= 0.6 is 0 Å². The van der Waals surface area contributed by atoms with E-state index in [1.54, 1.807) is 20.8 Å². The van der Waals surface area contributed by atoms with Crippen molar-refractivity contribution in [2.45, 2.75) is 38.5 Å². The van der Waals surface area contributed by atoms with Crippen LogP contribution in [0.1, 0.15) is 27.7 Å². The first-order valence-electron chi connectivity index (χ1n) is 4.71. The van der Waals surface area contributed by atoms with E-state index in [0.717, 1.165) is 6.92 Å². The molecule has 0 aliphatic rings. The van der Waals surface area contributed by atoms with Crippen LogP contribution < -0.4 is 5.32 Å². The van der Waals surface area contributed by atoms with Crippen molar-refractivity contribution in [2.24, 2.45) is 0 Å². The van der Waals surface area contributed by atoms with E-state index in [9.17, 15) is 18.0 Å². The normalized spacial score (nSPS) is 14.2. The molecule has 0 radical (unpaired) electrons. The average molecular weight is 251 g/mol. The molecule has 1 atom stereocenters. The van der Waals surface area contributed by atoms with Crippen LogP contribution in [0.2, 0.25) is 0 Å². The lowest BCUT2D eigenvalue weighted by atomic mass is 10.1. The Balaban J connectivity index is 4.62. The number of carbonyl (C=O) groups is 2. The minimum absolute atomic E-state index is 0.543. The predicted octanol–water partition coefficient (Wildman–Crippen LogP) is -0.211. The van der Waals surface area contributed by atoms with Gasteiger partial charge in [-0.1, -0.05) is 0 Å². The van der Waals surface area contributed by atoms with Crippen LogP contribution in [-0.2, 0) is 19.4 Å². The van der Waals surface area contributed by atoms with Gasteiger partial charge in [0.25, 0.3) is 0 Å². The Morgan fingerprint density at radius 1 is 1.31 bits per heavy atom. The fraction of sp³-hybridized carbons (Fsp3) is 0.778. The molecule has 0 aliphatic carbocycles. The number of rotatable bonds is 4. The number of hydrogen-bond acceptors (Lipinski definition) is 4. The second-order valence-corrected chi connectivity index (χ2v) is 6.91. The first kappa shape index (κ1) is 14.9. The topological polar surface area (TPSA) is 101 Å². The lowest BCUT2D eigenvalue weighted by molar-refractivity contribution is -0.136. The summed E-state index contributed by atoms with van der Waals surface area (Å²) >= 11 is 0. The number of hydrogen-bond donors (Lipinski definition) is 2. The number of carboxylic acids is 1. The van der Waals surface area contributed by atoms with E-state index in [2.05, 4.69) is 5.32 Å². The van der Waals surface area contributed by atoms with E-state index in [1.807, 2.05) is 0 Å². The highest BCUT2D eigenvalue weighted by atomic mass is 32.2. The molecular formula is C9H17NO5S. The zero-order valence-corrected chi connectivity index (χ0v) is 10.6. The minimum Gasteiger partial charge on any atom is -0.480 e. The lowest BCUT2D eigenvalue weighted by Crippen LogP contribution is -2.45. The standard InChI is InChI=1S/C9H17NO5S/c1-6(8(12)13)16(14,15)5-7(11)10-9(2,3)4/h6H,5H2,1-4H3,(H,10,11)(H,12,13). The molecule has 2 N–H and O–H groups in total. The SMILES string of the molecule is CC(C(=O)O)S(=O)(=O)CC(=O)NC(C)(C)C. The van der Waals surface area contributed by atoms with Crippen LogP contribution in [-0.4, -0.2) is 41.9 Å². The van der Waals surface area contributed by atoms with Gasteiger partial charge in [-0.2, -0.15) is 0 Å². The molecule has 0 saturated heterocycles. The first-order chi connectivity index (χ1) is 6.96. The van der Waals surface area contributed by atoms with Crippen molar-refractivity contribution >= 4 is 21.7 Å². The molecule has 94 valence electrons. The van der Waals surface area contributed by atoms with E-state index < -0.39 is 38.3 Å². The third-order valence-electron chi connectivity index (χ3n) is 1.73. The highest BCUT2D eigenvalue weighted by molar-refractivity contribution is 7.93. The number of amides is 1. The molecule has 0 fully saturated rings. The number of carboxylic acid groups (broad SMARTS) is 1. The van der Waals surface area contributed by atoms with Gasteiger partial charge in [-0.15, -0.1) is 0 Å². The van der Waals surface area contributed by atoms with E-state index in [1.165, 1.54) is 0 Å². The summed E-state index contributed by atoms with van der Waals surface area (Å²) in [5.41, 5.74) is -0.543. The third kappa shape index (κ3) is 5.11. The van der Waals surface area contributed by atoms with Crippen LogP contribution in [0.15, 0.2) is 0 Å². The maximum Gasteiger partial charge on any atom is 0.321 e. The Morgan fingerprint density at radius 3 is 2.06 bits per heavy atom. The average Bonchev–Trinajstić information content (AvgIpc) is 1.97. The van der Waals surface area contributed by atoms with Crippen molar-refractivity contribution in [3.63, 3.8) is 0 Å². The summed E-state index contributed by atoms with van der Waals surface area (Å²) < 4.78 is 22.9. The number of carbonyl (C=O) groups excluding carboxylic acids is 1. The monoisotopic (exact) mass is 251 g/mol. The van der Waals surface area contributed by atoms with Crippen molar-refractivity contribution in [3.05, 3.63) is 0 Å². The fourth-order valence-electron chi connectivity index (χ4n) is 0.916. The van der Waals surface area contributed by atoms with E-state index in [0.29, 0.717) is 0 Å². The lowest BCUT2D eigenvalue weighted by Gasteiger charge is -2.20. The quantitative estimate of drug-likeness (QED) is 0.720. The van der Waals surface area contributed by atoms with Crippen molar-refractivity contribution in [3.8, 4) is 0 Å². The Bertz CT molecular complexity index is 379. The summed E-state index contributed by atoms with van der Waals surface area (Å²) in [7, 11) is -3.94. The highest BCUT2D eigenvalue weighted by Crippen LogP contribution is 2.04. The number of aliphatic carboxylic acids is 1. The van der Waals surface area contributed by atoms with Crippen molar-refractivity contribution < 1.29 is 23.1 Å². The summed E-state index contributed by atoms with van der Waals surface area (Å²) in [5, 5.41) is 9.44. The van der Waals surface area contributed by atoms with Crippen LogP contribution in [0.25, 0.3) is 0 Å². The van der Waals surface area contributed by atoms with Gasteiger partial charge in [-0.25, -0.2) is 8.42 Å². The molecule has 0 saturated carbocycles. The van der Waals surface area contributed by atoms with Crippen LogP contribution in [0, 0.1) is 0 Å². The van der Waals surface area contributed by atoms with E-state index in [-0.39, 0.29) is 0 Å². The number of nitrogens with one attached hydrogen (secondary N) is 1. The van der Waals surface area contributed by atoms with Gasteiger partial charge in [-0.05, 0) is 27.7 Å². The highest BCUT2D eigenvalue weighted by Gasteiger charge is 2.30. The van der Waals surface area contributed by atoms with Gasteiger partial charge in [0.1, 0.15) is 5.75 Å². The zero-order valence-electron chi connectivity index (χ0n) is 9.77. The maximum absolute atomic E-state index is 11.4. The molecule has 0 bridgehead atoms.